The average molecular weight is 394 g/mol. The largest absolute Gasteiger partial charge is 0.441 e. The molecular weight excluding hydrogens is 371 g/mol. The van der Waals surface area contributed by atoms with Crippen LogP contribution in [0.1, 0.15) is 17.9 Å². The Bertz CT molecular complexity index is 1010. The van der Waals surface area contributed by atoms with Gasteiger partial charge >= 0.3 is 0 Å². The Morgan fingerprint density at radius 1 is 1.29 bits per heavy atom. The number of carbonyl (C=O) groups excluding carboxylic acids is 1. The van der Waals surface area contributed by atoms with Gasteiger partial charge in [0.15, 0.2) is 11.5 Å². The van der Waals surface area contributed by atoms with Crippen molar-refractivity contribution in [2.24, 2.45) is 0 Å². The average Bonchev–Trinajstić information content (AvgIpc) is 2.89. The van der Waals surface area contributed by atoms with E-state index in [4.69, 9.17) is 4.42 Å². The van der Waals surface area contributed by atoms with Gasteiger partial charge in [-0.2, -0.15) is 0 Å². The zero-order valence-electron chi connectivity index (χ0n) is 15.8. The summed E-state index contributed by atoms with van der Waals surface area (Å²) in [5, 5.41) is 4.50. The molecule has 1 aromatic heterocycles. The molecule has 1 amide bonds. The van der Waals surface area contributed by atoms with E-state index >= 15 is 0 Å². The second-order valence-electron chi connectivity index (χ2n) is 7.31. The minimum Gasteiger partial charge on any atom is -0.441 e. The summed E-state index contributed by atoms with van der Waals surface area (Å²) < 4.78 is 5.66. The fourth-order valence-electron chi connectivity index (χ4n) is 3.93. The fraction of sp³-hybridized carbons (Fsp3) is 0.333. The second-order valence-corrected chi connectivity index (χ2v) is 8.73. The van der Waals surface area contributed by atoms with Crippen molar-refractivity contribution >= 4 is 30.9 Å². The topological polar surface area (TPSA) is 61.6 Å². The first kappa shape index (κ1) is 17.7. The molecule has 144 valence electrons. The molecular formula is C21H23N4O2P. The zero-order valence-corrected chi connectivity index (χ0v) is 16.8. The van der Waals surface area contributed by atoms with Gasteiger partial charge in [-0.15, -0.1) is 0 Å². The van der Waals surface area contributed by atoms with Crippen LogP contribution in [0.5, 0.6) is 0 Å². The quantitative estimate of drug-likeness (QED) is 0.794. The van der Waals surface area contributed by atoms with Gasteiger partial charge < -0.3 is 19.5 Å². The number of amides is 1. The van der Waals surface area contributed by atoms with Crippen LogP contribution in [0.4, 0.5) is 0 Å². The van der Waals surface area contributed by atoms with E-state index in [2.05, 4.69) is 27.4 Å². The Morgan fingerprint density at radius 3 is 3.14 bits per heavy atom. The Kier molecular flexibility index (Phi) is 4.53. The summed E-state index contributed by atoms with van der Waals surface area (Å²) in [5.41, 5.74) is 3.79. The molecule has 7 heteroatoms. The highest BCUT2D eigenvalue weighted by molar-refractivity contribution is 7.51. The fourth-order valence-corrected chi connectivity index (χ4v) is 5.31. The number of fused-ring (bicyclic) bond motifs is 2. The molecule has 0 bridgehead atoms. The first-order valence-corrected chi connectivity index (χ1v) is 10.8. The lowest BCUT2D eigenvalue weighted by Crippen LogP contribution is -2.38. The molecule has 0 saturated carbocycles. The van der Waals surface area contributed by atoms with E-state index in [0.29, 0.717) is 14.5 Å². The summed E-state index contributed by atoms with van der Waals surface area (Å²) in [5.74, 6) is 0.793. The van der Waals surface area contributed by atoms with Crippen molar-refractivity contribution in [3.05, 3.63) is 59.8 Å². The smallest absolute Gasteiger partial charge is 0.252 e. The molecule has 1 fully saturated rings. The summed E-state index contributed by atoms with van der Waals surface area (Å²) in [4.78, 5) is 21.5. The van der Waals surface area contributed by atoms with Crippen LogP contribution in [-0.4, -0.2) is 52.7 Å². The SMILES string of the molecule is Cc1nc2ccc(C3=CC(=O)N4C=C(N5CCCNCC5)C=CC4P3)cc2o1. The van der Waals surface area contributed by atoms with E-state index in [-0.39, 0.29) is 11.7 Å². The highest BCUT2D eigenvalue weighted by atomic mass is 31.1. The van der Waals surface area contributed by atoms with Gasteiger partial charge in [-0.1, -0.05) is 20.7 Å². The molecule has 3 aliphatic rings. The zero-order chi connectivity index (χ0) is 19.1. The number of rotatable bonds is 2. The van der Waals surface area contributed by atoms with E-state index < -0.39 is 0 Å². The van der Waals surface area contributed by atoms with E-state index in [9.17, 15) is 4.79 Å². The van der Waals surface area contributed by atoms with Gasteiger partial charge in [0.1, 0.15) is 5.52 Å². The number of hydrogen-bond donors (Lipinski definition) is 1. The maximum Gasteiger partial charge on any atom is 0.252 e. The van der Waals surface area contributed by atoms with Crippen molar-refractivity contribution in [2.75, 3.05) is 26.2 Å². The van der Waals surface area contributed by atoms with E-state index in [0.717, 1.165) is 60.3 Å². The van der Waals surface area contributed by atoms with Gasteiger partial charge in [-0.25, -0.2) is 4.98 Å². The van der Waals surface area contributed by atoms with Crippen LogP contribution in [-0.2, 0) is 4.79 Å². The van der Waals surface area contributed by atoms with Crippen molar-refractivity contribution in [1.82, 2.24) is 20.1 Å². The highest BCUT2D eigenvalue weighted by Crippen LogP contribution is 2.45. The molecule has 1 N–H and O–H groups in total. The second kappa shape index (κ2) is 7.19. The van der Waals surface area contributed by atoms with Crippen LogP contribution in [0.3, 0.4) is 0 Å². The predicted octanol–water partition coefficient (Wildman–Crippen LogP) is 3.03. The van der Waals surface area contributed by atoms with Gasteiger partial charge in [0, 0.05) is 38.8 Å². The predicted molar refractivity (Wildman–Crippen MR) is 112 cm³/mol. The van der Waals surface area contributed by atoms with Crippen LogP contribution < -0.4 is 5.32 Å². The normalized spacial score (nSPS) is 23.6. The van der Waals surface area contributed by atoms with Crippen molar-refractivity contribution < 1.29 is 9.21 Å². The first-order chi connectivity index (χ1) is 13.7. The van der Waals surface area contributed by atoms with Crippen LogP contribution in [0, 0.1) is 6.92 Å². The molecule has 4 heterocycles. The Morgan fingerprint density at radius 2 is 2.21 bits per heavy atom. The molecule has 0 spiro atoms. The van der Waals surface area contributed by atoms with E-state index in [1.807, 2.05) is 36.2 Å². The molecule has 2 atom stereocenters. The summed E-state index contributed by atoms with van der Waals surface area (Å²) in [6.07, 6.45) is 9.28. The van der Waals surface area contributed by atoms with Crippen LogP contribution >= 0.6 is 8.58 Å². The van der Waals surface area contributed by atoms with Gasteiger partial charge in [0.05, 0.1) is 11.5 Å². The number of oxazole rings is 1. The molecule has 1 aromatic carbocycles. The minimum atomic E-state index is 0.0439. The minimum absolute atomic E-state index is 0.0439. The maximum atomic E-state index is 12.9. The monoisotopic (exact) mass is 394 g/mol. The maximum absolute atomic E-state index is 12.9. The van der Waals surface area contributed by atoms with Crippen LogP contribution in [0.2, 0.25) is 0 Å². The molecule has 0 radical (unpaired) electrons. The Labute approximate surface area is 165 Å². The highest BCUT2D eigenvalue weighted by Gasteiger charge is 2.29. The summed E-state index contributed by atoms with van der Waals surface area (Å²) >= 11 is 0. The number of hydrogen-bond acceptors (Lipinski definition) is 5. The van der Waals surface area contributed by atoms with Crippen LogP contribution in [0.15, 0.2) is 52.7 Å². The number of nitrogens with zero attached hydrogens (tertiary/aromatic N) is 3. The lowest BCUT2D eigenvalue weighted by molar-refractivity contribution is -0.123. The van der Waals surface area contributed by atoms with E-state index in [1.54, 1.807) is 6.08 Å². The first-order valence-electron chi connectivity index (χ1n) is 9.71. The number of carbonyl (C=O) groups is 1. The van der Waals surface area contributed by atoms with Crippen molar-refractivity contribution in [3.63, 3.8) is 0 Å². The molecule has 2 aromatic rings. The molecule has 2 unspecified atom stereocenters. The Hall–Kier alpha value is -2.43. The standard InChI is InChI=1S/C21H23N4O2P/c1-14-23-17-5-3-15(11-18(17)27-14)19-12-20(26)25-13-16(4-6-21(25)28-19)24-9-2-7-22-8-10-24/h3-6,11-13,21-22,28H,2,7-10H2,1H3. The van der Waals surface area contributed by atoms with Crippen molar-refractivity contribution in [1.29, 1.82) is 0 Å². The summed E-state index contributed by atoms with van der Waals surface area (Å²) in [7, 11) is 0.503. The number of aromatic nitrogens is 1. The number of allylic oxidation sites excluding steroid dienone is 1. The van der Waals surface area contributed by atoms with Crippen LogP contribution in [0.25, 0.3) is 16.4 Å². The molecule has 5 rings (SSSR count). The van der Waals surface area contributed by atoms with E-state index in [1.165, 1.54) is 0 Å². The third-order valence-electron chi connectivity index (χ3n) is 5.36. The lowest BCUT2D eigenvalue weighted by atomic mass is 10.1. The number of nitrogens with one attached hydrogen (secondary N) is 1. The molecule has 1 saturated heterocycles. The van der Waals surface area contributed by atoms with Crippen molar-refractivity contribution in [2.45, 2.75) is 19.1 Å². The Balaban J connectivity index is 1.41. The molecule has 0 aliphatic carbocycles. The van der Waals surface area contributed by atoms with Gasteiger partial charge in [0.25, 0.3) is 5.91 Å². The van der Waals surface area contributed by atoms with Gasteiger partial charge in [-0.05, 0) is 42.1 Å². The summed E-state index contributed by atoms with van der Waals surface area (Å²) in [6.45, 7) is 5.89. The third kappa shape index (κ3) is 3.27. The number of benzene rings is 1. The lowest BCUT2D eigenvalue weighted by Gasteiger charge is -2.36. The number of aryl methyl sites for hydroxylation is 1. The molecule has 28 heavy (non-hydrogen) atoms. The summed E-state index contributed by atoms with van der Waals surface area (Å²) in [6, 6.07) is 5.99. The molecule has 3 aliphatic heterocycles. The third-order valence-corrected chi connectivity index (χ3v) is 6.87. The van der Waals surface area contributed by atoms with Gasteiger partial charge in [0.2, 0.25) is 0 Å². The van der Waals surface area contributed by atoms with Crippen molar-refractivity contribution in [3.8, 4) is 0 Å². The van der Waals surface area contributed by atoms with Gasteiger partial charge in [-0.3, -0.25) is 4.79 Å². The molecule has 6 nitrogen and oxygen atoms in total.